The van der Waals surface area contributed by atoms with Gasteiger partial charge in [0.1, 0.15) is 5.60 Å². The third kappa shape index (κ3) is 4.79. The Labute approximate surface area is 215 Å². The van der Waals surface area contributed by atoms with Gasteiger partial charge in [-0.25, -0.2) is 0 Å². The van der Waals surface area contributed by atoms with E-state index in [0.717, 1.165) is 41.6 Å². The lowest BCUT2D eigenvalue weighted by Crippen LogP contribution is -2.44. The Hall–Kier alpha value is -2.22. The van der Waals surface area contributed by atoms with Gasteiger partial charge in [-0.1, -0.05) is 72.8 Å². The van der Waals surface area contributed by atoms with Crippen LogP contribution in [0.1, 0.15) is 40.2 Å². The summed E-state index contributed by atoms with van der Waals surface area (Å²) in [4.78, 5) is 17.8. The first-order valence-corrected chi connectivity index (χ1v) is 13.2. The molecule has 0 saturated carbocycles. The highest BCUT2D eigenvalue weighted by molar-refractivity contribution is 14.1. The van der Waals surface area contributed by atoms with Crippen LogP contribution in [0, 0.1) is 9.49 Å². The maximum atomic E-state index is 13.4. The van der Waals surface area contributed by atoms with E-state index in [-0.39, 0.29) is 11.8 Å². The molecule has 0 spiro atoms. The van der Waals surface area contributed by atoms with Crippen molar-refractivity contribution in [2.45, 2.75) is 24.4 Å². The smallest absolute Gasteiger partial charge is 0.255 e. The lowest BCUT2D eigenvalue weighted by Gasteiger charge is -2.37. The van der Waals surface area contributed by atoms with Gasteiger partial charge in [-0.3, -0.25) is 4.79 Å². The monoisotopic (exact) mass is 566 g/mol. The molecule has 5 heteroatoms. The third-order valence-electron chi connectivity index (χ3n) is 7.55. The molecule has 1 N–H and O–H groups in total. The van der Waals surface area contributed by atoms with Crippen molar-refractivity contribution in [2.75, 3.05) is 32.7 Å². The number of rotatable bonds is 5. The van der Waals surface area contributed by atoms with Gasteiger partial charge in [0.2, 0.25) is 0 Å². The number of likely N-dealkylation sites (tertiary alicyclic amines) is 2. The Morgan fingerprint density at radius 1 is 0.912 bits per heavy atom. The number of β-amino-alcohol motifs (C(OH)–C–C–N with tert-alkyl or cyclic N) is 1. The molecular weight excluding hydrogens is 535 g/mol. The summed E-state index contributed by atoms with van der Waals surface area (Å²) in [6.45, 7) is 3.72. The number of piperidine rings is 1. The van der Waals surface area contributed by atoms with Crippen molar-refractivity contribution in [3.8, 4) is 0 Å². The molecule has 0 aliphatic carbocycles. The van der Waals surface area contributed by atoms with Crippen LogP contribution in [-0.4, -0.2) is 53.5 Å². The maximum Gasteiger partial charge on any atom is 0.255 e. The summed E-state index contributed by atoms with van der Waals surface area (Å²) in [7, 11) is 0. The molecule has 4 nitrogen and oxygen atoms in total. The summed E-state index contributed by atoms with van der Waals surface area (Å²) in [5.74, 6) is 0.574. The predicted octanol–water partition coefficient (Wildman–Crippen LogP) is 5.13. The molecule has 34 heavy (non-hydrogen) atoms. The molecular formula is C29H31IN2O2. The maximum absolute atomic E-state index is 13.4. The van der Waals surface area contributed by atoms with Crippen LogP contribution in [0.15, 0.2) is 84.9 Å². The first kappa shape index (κ1) is 23.5. The molecule has 3 aromatic carbocycles. The fourth-order valence-electron chi connectivity index (χ4n) is 5.61. The van der Waals surface area contributed by atoms with E-state index >= 15 is 0 Å². The molecule has 0 bridgehead atoms. The second-order valence-corrected chi connectivity index (χ2v) is 10.8. The standard InChI is InChI=1S/C29H31IN2O2/c30-27-14-8-7-13-26(27)28(33)32-20-25(29(34,21-32)24-11-5-2-6-12-24)19-31-17-15-23(16-18-31)22-9-3-1-4-10-22/h1-14,23,25,34H,15-21H2. The number of halogens is 1. The second-order valence-electron chi connectivity index (χ2n) is 9.64. The van der Waals surface area contributed by atoms with Gasteiger partial charge in [0, 0.05) is 22.6 Å². The van der Waals surface area contributed by atoms with E-state index in [1.807, 2.05) is 59.5 Å². The van der Waals surface area contributed by atoms with Gasteiger partial charge in [-0.2, -0.15) is 0 Å². The number of hydrogen-bond donors (Lipinski definition) is 1. The van der Waals surface area contributed by atoms with E-state index in [4.69, 9.17) is 0 Å². The van der Waals surface area contributed by atoms with Crippen LogP contribution >= 0.6 is 22.6 Å². The summed E-state index contributed by atoms with van der Waals surface area (Å²) >= 11 is 2.22. The Morgan fingerprint density at radius 2 is 1.53 bits per heavy atom. The Bertz CT molecular complexity index is 1120. The number of amides is 1. The number of hydrogen-bond acceptors (Lipinski definition) is 3. The van der Waals surface area contributed by atoms with Gasteiger partial charge in [-0.15, -0.1) is 0 Å². The summed E-state index contributed by atoms with van der Waals surface area (Å²) in [6, 6.07) is 28.4. The Balaban J connectivity index is 1.33. The highest BCUT2D eigenvalue weighted by Gasteiger charge is 2.48. The molecule has 5 rings (SSSR count). The molecule has 3 aromatic rings. The first-order valence-electron chi connectivity index (χ1n) is 12.1. The van der Waals surface area contributed by atoms with Crippen LogP contribution in [0.5, 0.6) is 0 Å². The van der Waals surface area contributed by atoms with Gasteiger partial charge >= 0.3 is 0 Å². The highest BCUT2D eigenvalue weighted by Crippen LogP contribution is 2.39. The van der Waals surface area contributed by atoms with E-state index < -0.39 is 5.60 Å². The topological polar surface area (TPSA) is 43.8 Å². The van der Waals surface area contributed by atoms with Crippen LogP contribution < -0.4 is 0 Å². The lowest BCUT2D eigenvalue weighted by molar-refractivity contribution is -0.00738. The lowest BCUT2D eigenvalue weighted by atomic mass is 9.83. The Morgan fingerprint density at radius 3 is 2.21 bits per heavy atom. The van der Waals surface area contributed by atoms with Crippen LogP contribution in [0.25, 0.3) is 0 Å². The highest BCUT2D eigenvalue weighted by atomic mass is 127. The van der Waals surface area contributed by atoms with Gasteiger partial charge < -0.3 is 14.9 Å². The quantitative estimate of drug-likeness (QED) is 0.436. The van der Waals surface area contributed by atoms with Gasteiger partial charge in [0.15, 0.2) is 0 Å². The van der Waals surface area contributed by atoms with Crippen molar-refractivity contribution in [3.63, 3.8) is 0 Å². The summed E-state index contributed by atoms with van der Waals surface area (Å²) in [5, 5.41) is 12.0. The first-order chi connectivity index (χ1) is 16.5. The zero-order valence-corrected chi connectivity index (χ0v) is 21.5. The molecule has 2 unspecified atom stereocenters. The van der Waals surface area contributed by atoms with Crippen molar-refractivity contribution in [3.05, 3.63) is 105 Å². The van der Waals surface area contributed by atoms with Gasteiger partial charge in [0.25, 0.3) is 5.91 Å². The molecule has 2 atom stereocenters. The number of benzene rings is 3. The van der Waals surface area contributed by atoms with Crippen LogP contribution in [0.4, 0.5) is 0 Å². The number of carbonyl (C=O) groups is 1. The Kier molecular flexibility index (Phi) is 7.04. The second kappa shape index (κ2) is 10.2. The average Bonchev–Trinajstić information content (AvgIpc) is 3.22. The van der Waals surface area contributed by atoms with E-state index in [1.54, 1.807) is 0 Å². The minimum atomic E-state index is -1.05. The zero-order valence-electron chi connectivity index (χ0n) is 19.3. The molecule has 176 valence electrons. The van der Waals surface area contributed by atoms with E-state index in [2.05, 4.69) is 57.8 Å². The number of aliphatic hydroxyl groups is 1. The van der Waals surface area contributed by atoms with Crippen molar-refractivity contribution in [1.29, 1.82) is 0 Å². The molecule has 2 fully saturated rings. The van der Waals surface area contributed by atoms with Crippen molar-refractivity contribution in [2.24, 2.45) is 5.92 Å². The molecule has 2 aliphatic heterocycles. The summed E-state index contributed by atoms with van der Waals surface area (Å²) in [5.41, 5.74) is 1.99. The number of nitrogens with zero attached hydrogens (tertiary/aromatic N) is 2. The van der Waals surface area contributed by atoms with E-state index in [1.165, 1.54) is 5.56 Å². The van der Waals surface area contributed by atoms with Crippen molar-refractivity contribution in [1.82, 2.24) is 9.80 Å². The molecule has 0 aromatic heterocycles. The largest absolute Gasteiger partial charge is 0.383 e. The fourth-order valence-corrected chi connectivity index (χ4v) is 6.23. The van der Waals surface area contributed by atoms with Crippen LogP contribution in [0.2, 0.25) is 0 Å². The predicted molar refractivity (Wildman–Crippen MR) is 144 cm³/mol. The van der Waals surface area contributed by atoms with Gasteiger partial charge in [0.05, 0.1) is 12.1 Å². The molecule has 2 saturated heterocycles. The molecule has 2 heterocycles. The number of carbonyl (C=O) groups excluding carboxylic acids is 1. The van der Waals surface area contributed by atoms with Crippen molar-refractivity contribution >= 4 is 28.5 Å². The summed E-state index contributed by atoms with van der Waals surface area (Å²) < 4.78 is 0.944. The normalized spacial score (nSPS) is 23.8. The molecule has 0 radical (unpaired) electrons. The average molecular weight is 566 g/mol. The fraction of sp³-hybridized carbons (Fsp3) is 0.345. The minimum Gasteiger partial charge on any atom is -0.383 e. The van der Waals surface area contributed by atoms with E-state index in [9.17, 15) is 9.90 Å². The van der Waals surface area contributed by atoms with Gasteiger partial charge in [-0.05, 0) is 77.7 Å². The van der Waals surface area contributed by atoms with Crippen LogP contribution in [0.3, 0.4) is 0 Å². The zero-order chi connectivity index (χ0) is 23.5. The van der Waals surface area contributed by atoms with E-state index in [0.29, 0.717) is 24.6 Å². The summed E-state index contributed by atoms with van der Waals surface area (Å²) in [6.07, 6.45) is 2.26. The minimum absolute atomic E-state index is 0.00430. The van der Waals surface area contributed by atoms with Crippen LogP contribution in [-0.2, 0) is 5.60 Å². The third-order valence-corrected chi connectivity index (χ3v) is 8.49. The SMILES string of the molecule is O=C(c1ccccc1I)N1CC(CN2CCC(c3ccccc3)CC2)C(O)(c2ccccc2)C1. The van der Waals surface area contributed by atoms with Crippen molar-refractivity contribution < 1.29 is 9.90 Å². The molecule has 1 amide bonds. The molecule has 2 aliphatic rings.